The van der Waals surface area contributed by atoms with Crippen molar-refractivity contribution in [1.82, 2.24) is 36.8 Å². The number of halogens is 2. The summed E-state index contributed by atoms with van der Waals surface area (Å²) in [6.45, 7) is -1.96. The van der Waals surface area contributed by atoms with Crippen molar-refractivity contribution in [2.24, 2.45) is 17.2 Å². The van der Waals surface area contributed by atoms with Gasteiger partial charge in [0, 0.05) is 30.9 Å². The summed E-state index contributed by atoms with van der Waals surface area (Å²) < 4.78 is 0.436. The standard InChI is InChI=1S/C32H42Br2N10O13S2/c33-14-1-12(2-15(34)26(14)51)3-17-29(54)39-8-24(48)44-9-13(45)4-21(44)32(57)42-18(5-22(36)46)31(56)43-20(27(37)52)11-59-58-10-16(35)28(53)41-19(6-25(49)50)30(55)38-7-23(47)40-17/h1-2,13,16-21,45,51H,3-11,35H2,(H2,36,46)(H2,37,52)(H,38,55)(H,39,54)(H,40,47)(H,41,53)(H,42,57)(H,43,56)(H,49,50)/t13-,16-,17+,18+,19-,20-,21+/m1/s1. The first-order valence-corrected chi connectivity index (χ1v) is 21.4. The molecule has 2 fully saturated rings. The smallest absolute Gasteiger partial charge is 0.305 e. The number of fused-ring (bicyclic) bond motifs is 1. The van der Waals surface area contributed by atoms with Gasteiger partial charge in [0.15, 0.2) is 0 Å². The van der Waals surface area contributed by atoms with Gasteiger partial charge in [0.25, 0.3) is 0 Å². The SMILES string of the molecule is NC(=O)C[C@@H]1NC(=O)[C@@H]2C[C@@H](O)CN2C(=O)CNC(=O)[C@H](Cc2cc(Br)c(O)c(Br)c2)NC(=O)CNC(=O)[C@@H](CC(=O)O)NC(=O)[C@H](N)CSSC[C@H](C(N)=O)NC1=O. The van der Waals surface area contributed by atoms with Crippen molar-refractivity contribution in [2.75, 3.05) is 31.1 Å². The Kier molecular flexibility index (Phi) is 18.7. The number of nitrogens with one attached hydrogen (secondary N) is 6. The number of carboxylic acid groups (broad SMARTS) is 1. The van der Waals surface area contributed by atoms with Crippen LogP contribution in [0.3, 0.4) is 0 Å². The molecule has 0 aromatic heterocycles. The number of nitrogens with two attached hydrogens (primary N) is 3. The number of nitrogens with zero attached hydrogens (tertiary/aromatic N) is 1. The number of aliphatic carboxylic acids is 1. The molecule has 1 aromatic rings. The van der Waals surface area contributed by atoms with E-state index in [4.69, 9.17) is 17.2 Å². The van der Waals surface area contributed by atoms with Crippen LogP contribution in [0.2, 0.25) is 0 Å². The third-order valence-corrected chi connectivity index (χ3v) is 12.2. The maximum absolute atomic E-state index is 13.6. The van der Waals surface area contributed by atoms with Crippen LogP contribution in [0.5, 0.6) is 5.75 Å². The molecule has 7 atom stereocenters. The van der Waals surface area contributed by atoms with Gasteiger partial charge in [-0.1, -0.05) is 21.6 Å². The summed E-state index contributed by atoms with van der Waals surface area (Å²) in [4.78, 5) is 129. The maximum Gasteiger partial charge on any atom is 0.305 e. The van der Waals surface area contributed by atoms with Crippen molar-refractivity contribution in [3.05, 3.63) is 26.6 Å². The van der Waals surface area contributed by atoms with Crippen LogP contribution in [0.25, 0.3) is 0 Å². The minimum atomic E-state index is -1.71. The highest BCUT2D eigenvalue weighted by Gasteiger charge is 2.41. The van der Waals surface area contributed by atoms with E-state index in [0.29, 0.717) is 5.56 Å². The number of aliphatic hydroxyl groups excluding tert-OH is 1. The average Bonchev–Trinajstić information content (AvgIpc) is 3.55. The fourth-order valence-electron chi connectivity index (χ4n) is 5.56. The number of phenolic OH excluding ortho intramolecular Hbond substituents is 1. The van der Waals surface area contributed by atoms with Gasteiger partial charge in [-0.25, -0.2) is 0 Å². The van der Waals surface area contributed by atoms with Crippen LogP contribution < -0.4 is 49.1 Å². The number of rotatable bonds is 7. The number of aromatic hydroxyl groups is 1. The quantitative estimate of drug-likeness (QED) is 0.114. The molecule has 1 aromatic carbocycles. The van der Waals surface area contributed by atoms with E-state index >= 15 is 0 Å². The Hall–Kier alpha value is -4.70. The van der Waals surface area contributed by atoms with Crippen molar-refractivity contribution in [1.29, 1.82) is 0 Å². The number of primary amides is 2. The molecule has 0 unspecified atom stereocenters. The van der Waals surface area contributed by atoms with Crippen molar-refractivity contribution >= 4 is 113 Å². The Bertz CT molecular complexity index is 1820. The summed E-state index contributed by atoms with van der Waals surface area (Å²) in [5, 5.41) is 43.8. The Morgan fingerprint density at radius 3 is 1.97 bits per heavy atom. The summed E-state index contributed by atoms with van der Waals surface area (Å²) in [5.41, 5.74) is 17.1. The van der Waals surface area contributed by atoms with E-state index in [1.165, 1.54) is 12.1 Å². The third-order valence-electron chi connectivity index (χ3n) is 8.52. The second-order valence-electron chi connectivity index (χ2n) is 13.1. The Morgan fingerprint density at radius 2 is 1.36 bits per heavy atom. The van der Waals surface area contributed by atoms with E-state index in [1.54, 1.807) is 0 Å². The molecule has 2 aliphatic heterocycles. The Labute approximate surface area is 359 Å². The van der Waals surface area contributed by atoms with Gasteiger partial charge in [0.05, 0.1) is 47.0 Å². The van der Waals surface area contributed by atoms with Gasteiger partial charge < -0.3 is 69.3 Å². The first-order chi connectivity index (χ1) is 27.7. The fraction of sp³-hybridized carbons (Fsp3) is 0.500. The summed E-state index contributed by atoms with van der Waals surface area (Å²) in [7, 11) is 1.87. The van der Waals surface area contributed by atoms with Gasteiger partial charge in [0.1, 0.15) is 36.0 Å². The molecule has 0 radical (unpaired) electrons. The molecule has 0 aliphatic carbocycles. The third kappa shape index (κ3) is 15.1. The zero-order valence-corrected chi connectivity index (χ0v) is 35.5. The zero-order chi connectivity index (χ0) is 44.1. The van der Waals surface area contributed by atoms with Crippen LogP contribution in [-0.2, 0) is 54.4 Å². The lowest BCUT2D eigenvalue weighted by molar-refractivity contribution is -0.141. The van der Waals surface area contributed by atoms with Crippen LogP contribution in [0.4, 0.5) is 0 Å². The highest BCUT2D eigenvalue weighted by Crippen LogP contribution is 2.33. The van der Waals surface area contributed by atoms with Crippen molar-refractivity contribution in [2.45, 2.75) is 68.0 Å². The first-order valence-electron chi connectivity index (χ1n) is 17.4. The fourth-order valence-corrected chi connectivity index (χ4v) is 9.14. The number of carbonyl (C=O) groups is 10. The number of hydrogen-bond acceptors (Lipinski definition) is 15. The maximum atomic E-state index is 13.6. The van der Waals surface area contributed by atoms with E-state index in [1.807, 2.05) is 0 Å². The molecule has 3 rings (SSSR count). The van der Waals surface area contributed by atoms with E-state index in [-0.39, 0.29) is 45.6 Å². The molecule has 324 valence electrons. The number of phenols is 1. The largest absolute Gasteiger partial charge is 0.506 e. The normalized spacial score (nSPS) is 26.3. The topological polar surface area (TPSA) is 385 Å². The van der Waals surface area contributed by atoms with Crippen molar-refractivity contribution < 1.29 is 63.3 Å². The number of amides is 9. The molecule has 2 aliphatic rings. The Balaban J connectivity index is 1.95. The number of aliphatic hydroxyl groups is 1. The molecule has 59 heavy (non-hydrogen) atoms. The highest BCUT2D eigenvalue weighted by atomic mass is 79.9. The minimum Gasteiger partial charge on any atom is -0.506 e. The van der Waals surface area contributed by atoms with E-state index in [9.17, 15) is 63.3 Å². The monoisotopic (exact) mass is 996 g/mol. The van der Waals surface area contributed by atoms with Gasteiger partial charge in [-0.2, -0.15) is 0 Å². The van der Waals surface area contributed by atoms with Crippen molar-refractivity contribution in [3.8, 4) is 5.75 Å². The molecular formula is C32H42Br2N10O13S2. The lowest BCUT2D eigenvalue weighted by Crippen LogP contribution is -2.58. The van der Waals surface area contributed by atoms with Crippen LogP contribution in [0.15, 0.2) is 21.1 Å². The number of carboxylic acids is 1. The molecule has 23 nitrogen and oxygen atoms in total. The van der Waals surface area contributed by atoms with Gasteiger partial charge in [-0.15, -0.1) is 0 Å². The van der Waals surface area contributed by atoms with Crippen LogP contribution >= 0.6 is 53.4 Å². The average molecular weight is 999 g/mol. The summed E-state index contributed by atoms with van der Waals surface area (Å²) in [5.74, 6) is -11.0. The number of carbonyl (C=O) groups excluding carboxylic acids is 9. The molecular weight excluding hydrogens is 956 g/mol. The summed E-state index contributed by atoms with van der Waals surface area (Å²) >= 11 is 6.36. The molecule has 15 N–H and O–H groups in total. The predicted molar refractivity (Wildman–Crippen MR) is 215 cm³/mol. The molecule has 9 amide bonds. The lowest BCUT2D eigenvalue weighted by Gasteiger charge is -2.27. The van der Waals surface area contributed by atoms with Gasteiger partial charge in [-0.05, 0) is 49.6 Å². The number of benzene rings is 1. The molecule has 27 heteroatoms. The van der Waals surface area contributed by atoms with E-state index in [0.717, 1.165) is 26.5 Å². The highest BCUT2D eigenvalue weighted by molar-refractivity contribution is 9.11. The molecule has 2 heterocycles. The molecule has 0 spiro atoms. The van der Waals surface area contributed by atoms with Gasteiger partial charge in [-0.3, -0.25) is 47.9 Å². The van der Waals surface area contributed by atoms with Crippen LogP contribution in [-0.4, -0.2) is 153 Å². The lowest BCUT2D eigenvalue weighted by atomic mass is 10.0. The zero-order valence-electron chi connectivity index (χ0n) is 30.7. The van der Waals surface area contributed by atoms with E-state index < -0.39 is 127 Å². The summed E-state index contributed by atoms with van der Waals surface area (Å²) in [6.07, 6.45) is -3.45. The van der Waals surface area contributed by atoms with Crippen molar-refractivity contribution in [3.63, 3.8) is 0 Å². The van der Waals surface area contributed by atoms with E-state index in [2.05, 4.69) is 63.8 Å². The van der Waals surface area contributed by atoms with Crippen LogP contribution in [0, 0.1) is 0 Å². The number of hydrogen-bond donors (Lipinski definition) is 12. The van der Waals surface area contributed by atoms with Crippen LogP contribution in [0.1, 0.15) is 24.8 Å². The first kappa shape index (κ1) is 48.7. The second-order valence-corrected chi connectivity index (χ2v) is 17.4. The molecule has 2 saturated heterocycles. The predicted octanol–water partition coefficient (Wildman–Crippen LogP) is -4.85. The molecule has 0 saturated carbocycles. The Morgan fingerprint density at radius 1 is 0.780 bits per heavy atom. The molecule has 0 bridgehead atoms. The minimum absolute atomic E-state index is 0.166. The van der Waals surface area contributed by atoms with Gasteiger partial charge >= 0.3 is 5.97 Å². The van der Waals surface area contributed by atoms with Gasteiger partial charge in [0.2, 0.25) is 53.2 Å². The second kappa shape index (κ2) is 22.6. The summed E-state index contributed by atoms with van der Waals surface area (Å²) in [6, 6.07) is -6.10.